The van der Waals surface area contributed by atoms with Crippen LogP contribution in [0.5, 0.6) is 5.75 Å². The van der Waals surface area contributed by atoms with Crippen LogP contribution < -0.4 is 15.8 Å². The zero-order valence-electron chi connectivity index (χ0n) is 11.6. The number of aryl methyl sites for hydroxylation is 1. The van der Waals surface area contributed by atoms with Gasteiger partial charge in [-0.15, -0.1) is 0 Å². The highest BCUT2D eigenvalue weighted by Gasteiger charge is 2.17. The van der Waals surface area contributed by atoms with Crippen LogP contribution in [0.4, 0.5) is 5.69 Å². The zero-order valence-corrected chi connectivity index (χ0v) is 11.6. The molecule has 0 bridgehead atoms. The van der Waals surface area contributed by atoms with Crippen LogP contribution in [0.1, 0.15) is 35.0 Å². The number of amides is 1. The van der Waals surface area contributed by atoms with Gasteiger partial charge in [0.1, 0.15) is 17.6 Å². The Morgan fingerprint density at radius 1 is 1.50 bits per heavy atom. The normalized spacial score (nSPS) is 11.9. The molecule has 6 nitrogen and oxygen atoms in total. The maximum absolute atomic E-state index is 12.2. The van der Waals surface area contributed by atoms with E-state index in [0.717, 1.165) is 0 Å². The molecule has 0 fully saturated rings. The Kier molecular flexibility index (Phi) is 3.93. The van der Waals surface area contributed by atoms with Crippen molar-refractivity contribution < 1.29 is 13.9 Å². The van der Waals surface area contributed by atoms with E-state index in [4.69, 9.17) is 14.9 Å². The van der Waals surface area contributed by atoms with Gasteiger partial charge in [0.05, 0.1) is 18.9 Å². The van der Waals surface area contributed by atoms with E-state index in [1.165, 1.54) is 0 Å². The minimum atomic E-state index is -0.335. The first-order valence-corrected chi connectivity index (χ1v) is 6.18. The van der Waals surface area contributed by atoms with E-state index in [1.807, 2.05) is 0 Å². The SMILES string of the molecule is COc1ccc(C(=O)NC(C)c2ncc(C)o2)c(N)c1. The van der Waals surface area contributed by atoms with Crippen LogP contribution in [-0.4, -0.2) is 18.0 Å². The summed E-state index contributed by atoms with van der Waals surface area (Å²) in [5.74, 6) is 1.48. The molecular weight excluding hydrogens is 258 g/mol. The Labute approximate surface area is 116 Å². The molecule has 1 atom stereocenters. The average molecular weight is 275 g/mol. The van der Waals surface area contributed by atoms with Crippen molar-refractivity contribution in [1.29, 1.82) is 0 Å². The summed E-state index contributed by atoms with van der Waals surface area (Å²) in [4.78, 5) is 16.2. The Balaban J connectivity index is 2.12. The van der Waals surface area contributed by atoms with Crippen LogP contribution in [0.2, 0.25) is 0 Å². The van der Waals surface area contributed by atoms with Crippen LogP contribution >= 0.6 is 0 Å². The molecule has 2 rings (SSSR count). The number of rotatable bonds is 4. The molecule has 20 heavy (non-hydrogen) atoms. The lowest BCUT2D eigenvalue weighted by molar-refractivity contribution is 0.0935. The van der Waals surface area contributed by atoms with Gasteiger partial charge < -0.3 is 20.2 Å². The number of nitrogen functional groups attached to an aromatic ring is 1. The van der Waals surface area contributed by atoms with E-state index in [-0.39, 0.29) is 11.9 Å². The molecule has 106 valence electrons. The Hall–Kier alpha value is -2.50. The van der Waals surface area contributed by atoms with Gasteiger partial charge in [-0.05, 0) is 26.0 Å². The summed E-state index contributed by atoms with van der Waals surface area (Å²) >= 11 is 0. The highest BCUT2D eigenvalue weighted by Crippen LogP contribution is 2.20. The number of methoxy groups -OCH3 is 1. The van der Waals surface area contributed by atoms with E-state index in [2.05, 4.69) is 10.3 Å². The standard InChI is InChI=1S/C14H17N3O3/c1-8-7-16-14(20-8)9(2)17-13(18)11-5-4-10(19-3)6-12(11)15/h4-7,9H,15H2,1-3H3,(H,17,18). The maximum atomic E-state index is 12.2. The van der Waals surface area contributed by atoms with Crippen molar-refractivity contribution >= 4 is 11.6 Å². The molecule has 0 aliphatic carbocycles. The zero-order chi connectivity index (χ0) is 14.7. The van der Waals surface area contributed by atoms with E-state index < -0.39 is 0 Å². The number of hydrogen-bond donors (Lipinski definition) is 2. The Bertz CT molecular complexity index is 622. The highest BCUT2D eigenvalue weighted by molar-refractivity contribution is 5.99. The van der Waals surface area contributed by atoms with Gasteiger partial charge in [0, 0.05) is 11.8 Å². The van der Waals surface area contributed by atoms with Gasteiger partial charge in [-0.1, -0.05) is 0 Å². The topological polar surface area (TPSA) is 90.4 Å². The number of carbonyl (C=O) groups is 1. The summed E-state index contributed by atoms with van der Waals surface area (Å²) in [6.45, 7) is 3.59. The number of carbonyl (C=O) groups excluding carboxylic acids is 1. The van der Waals surface area contributed by atoms with Crippen LogP contribution in [0, 0.1) is 6.92 Å². The largest absolute Gasteiger partial charge is 0.497 e. The molecule has 0 saturated carbocycles. The number of nitrogens with one attached hydrogen (secondary N) is 1. The van der Waals surface area contributed by atoms with Gasteiger partial charge in [0.2, 0.25) is 5.89 Å². The average Bonchev–Trinajstić information content (AvgIpc) is 2.85. The predicted molar refractivity (Wildman–Crippen MR) is 74.5 cm³/mol. The molecule has 6 heteroatoms. The molecule has 1 heterocycles. The van der Waals surface area contributed by atoms with E-state index in [1.54, 1.807) is 45.4 Å². The number of anilines is 1. The monoisotopic (exact) mass is 275 g/mol. The molecule has 1 aromatic carbocycles. The summed E-state index contributed by atoms with van der Waals surface area (Å²) < 4.78 is 10.4. The molecule has 1 aromatic heterocycles. The molecule has 0 aliphatic rings. The van der Waals surface area contributed by atoms with Gasteiger partial charge >= 0.3 is 0 Å². The van der Waals surface area contributed by atoms with Gasteiger partial charge in [0.25, 0.3) is 5.91 Å². The summed E-state index contributed by atoms with van der Waals surface area (Å²) in [6.07, 6.45) is 1.61. The second-order valence-corrected chi connectivity index (χ2v) is 4.46. The summed E-state index contributed by atoms with van der Waals surface area (Å²) in [5, 5.41) is 2.79. The van der Waals surface area contributed by atoms with E-state index in [0.29, 0.717) is 28.7 Å². The van der Waals surface area contributed by atoms with Gasteiger partial charge in [-0.2, -0.15) is 0 Å². The van der Waals surface area contributed by atoms with Crippen LogP contribution in [0.15, 0.2) is 28.8 Å². The van der Waals surface area contributed by atoms with E-state index >= 15 is 0 Å². The molecule has 0 spiro atoms. The van der Waals surface area contributed by atoms with Crippen LogP contribution in [0.3, 0.4) is 0 Å². The number of hydrogen-bond acceptors (Lipinski definition) is 5. The minimum Gasteiger partial charge on any atom is -0.497 e. The van der Waals surface area contributed by atoms with Gasteiger partial charge in [-0.25, -0.2) is 4.98 Å². The van der Waals surface area contributed by atoms with Gasteiger partial charge in [-0.3, -0.25) is 4.79 Å². The van der Waals surface area contributed by atoms with Crippen molar-refractivity contribution in [3.8, 4) is 5.75 Å². The molecule has 1 amide bonds. The maximum Gasteiger partial charge on any atom is 0.254 e. The molecule has 1 unspecified atom stereocenters. The molecule has 0 aliphatic heterocycles. The fourth-order valence-corrected chi connectivity index (χ4v) is 1.78. The Morgan fingerprint density at radius 2 is 2.25 bits per heavy atom. The molecular formula is C14H17N3O3. The minimum absolute atomic E-state index is 0.284. The number of ether oxygens (including phenoxy) is 1. The lowest BCUT2D eigenvalue weighted by Gasteiger charge is -2.12. The fourth-order valence-electron chi connectivity index (χ4n) is 1.78. The second kappa shape index (κ2) is 5.64. The van der Waals surface area contributed by atoms with Crippen molar-refractivity contribution in [3.05, 3.63) is 41.6 Å². The van der Waals surface area contributed by atoms with E-state index in [9.17, 15) is 4.79 Å². The fraction of sp³-hybridized carbons (Fsp3) is 0.286. The first kappa shape index (κ1) is 13.9. The van der Waals surface area contributed by atoms with Crippen LogP contribution in [-0.2, 0) is 0 Å². The molecule has 3 N–H and O–H groups in total. The molecule has 2 aromatic rings. The smallest absolute Gasteiger partial charge is 0.254 e. The summed E-state index contributed by atoms with van der Waals surface area (Å²) in [5.41, 5.74) is 6.59. The van der Waals surface area contributed by atoms with Crippen molar-refractivity contribution in [2.75, 3.05) is 12.8 Å². The third-order valence-electron chi connectivity index (χ3n) is 2.86. The van der Waals surface area contributed by atoms with Crippen molar-refractivity contribution in [2.24, 2.45) is 0 Å². The van der Waals surface area contributed by atoms with Crippen molar-refractivity contribution in [3.63, 3.8) is 0 Å². The van der Waals surface area contributed by atoms with Gasteiger partial charge in [0.15, 0.2) is 0 Å². The van der Waals surface area contributed by atoms with Crippen molar-refractivity contribution in [1.82, 2.24) is 10.3 Å². The quantitative estimate of drug-likeness (QED) is 0.833. The van der Waals surface area contributed by atoms with Crippen LogP contribution in [0.25, 0.3) is 0 Å². The molecule has 0 saturated heterocycles. The third-order valence-corrected chi connectivity index (χ3v) is 2.86. The van der Waals surface area contributed by atoms with Crippen molar-refractivity contribution in [2.45, 2.75) is 19.9 Å². The second-order valence-electron chi connectivity index (χ2n) is 4.46. The first-order valence-electron chi connectivity index (χ1n) is 6.18. The number of aromatic nitrogens is 1. The number of oxazole rings is 1. The first-order chi connectivity index (χ1) is 9.51. The third kappa shape index (κ3) is 2.90. The predicted octanol–water partition coefficient (Wildman–Crippen LogP) is 2.06. The lowest BCUT2D eigenvalue weighted by Crippen LogP contribution is -2.27. The lowest BCUT2D eigenvalue weighted by atomic mass is 10.1. The number of nitrogens with zero attached hydrogens (tertiary/aromatic N) is 1. The highest BCUT2D eigenvalue weighted by atomic mass is 16.5. The summed E-state index contributed by atoms with van der Waals surface area (Å²) in [6, 6.07) is 4.58. The summed E-state index contributed by atoms with van der Waals surface area (Å²) in [7, 11) is 1.54. The molecule has 0 radical (unpaired) electrons. The Morgan fingerprint density at radius 3 is 2.80 bits per heavy atom. The number of nitrogens with two attached hydrogens (primary N) is 1. The number of benzene rings is 1.